The summed E-state index contributed by atoms with van der Waals surface area (Å²) < 4.78 is 5.07. The number of carbonyl (C=O) groups excluding carboxylic acids is 1. The Balaban J connectivity index is 1.97. The van der Waals surface area contributed by atoms with Gasteiger partial charge < -0.3 is 15.4 Å². The number of methoxy groups -OCH3 is 1. The molecule has 20 heavy (non-hydrogen) atoms. The van der Waals surface area contributed by atoms with Crippen molar-refractivity contribution >= 4 is 17.4 Å². The van der Waals surface area contributed by atoms with Gasteiger partial charge in [0, 0.05) is 11.4 Å². The molecule has 2 aromatic carbocycles. The maximum absolute atomic E-state index is 11.9. The van der Waals surface area contributed by atoms with Crippen molar-refractivity contribution in [2.45, 2.75) is 13.3 Å². The molecule has 0 aliphatic rings. The van der Waals surface area contributed by atoms with E-state index in [9.17, 15) is 4.79 Å². The molecule has 0 radical (unpaired) electrons. The number of anilines is 2. The third kappa shape index (κ3) is 3.75. The molecule has 0 fully saturated rings. The highest BCUT2D eigenvalue weighted by molar-refractivity contribution is 5.99. The van der Waals surface area contributed by atoms with E-state index in [1.165, 1.54) is 5.56 Å². The number of ether oxygens (including phenoxy) is 1. The van der Waals surface area contributed by atoms with Gasteiger partial charge in [-0.15, -0.1) is 0 Å². The average Bonchev–Trinajstić information content (AvgIpc) is 2.48. The number of hydrogen-bond acceptors (Lipinski definition) is 2. The molecule has 4 heteroatoms. The van der Waals surface area contributed by atoms with Crippen LogP contribution in [0.3, 0.4) is 0 Å². The van der Waals surface area contributed by atoms with E-state index in [4.69, 9.17) is 4.74 Å². The van der Waals surface area contributed by atoms with Crippen LogP contribution >= 0.6 is 0 Å². The number of urea groups is 1. The maximum atomic E-state index is 11.9. The predicted octanol–water partition coefficient (Wildman–Crippen LogP) is 3.90. The summed E-state index contributed by atoms with van der Waals surface area (Å²) in [7, 11) is 1.61. The highest BCUT2D eigenvalue weighted by atomic mass is 16.5. The molecular weight excluding hydrogens is 252 g/mol. The van der Waals surface area contributed by atoms with Gasteiger partial charge in [0.15, 0.2) is 0 Å². The van der Waals surface area contributed by atoms with Crippen LogP contribution in [-0.2, 0) is 6.42 Å². The molecule has 2 N–H and O–H groups in total. The molecule has 0 aliphatic heterocycles. The molecule has 0 heterocycles. The number of nitrogens with one attached hydrogen (secondary N) is 2. The third-order valence-electron chi connectivity index (χ3n) is 2.94. The van der Waals surface area contributed by atoms with E-state index in [0.29, 0.717) is 0 Å². The van der Waals surface area contributed by atoms with Crippen LogP contribution in [0.25, 0.3) is 0 Å². The van der Waals surface area contributed by atoms with Crippen molar-refractivity contribution in [3.05, 3.63) is 54.1 Å². The zero-order valence-corrected chi connectivity index (χ0v) is 11.6. The summed E-state index contributed by atoms with van der Waals surface area (Å²) in [5, 5.41) is 5.59. The lowest BCUT2D eigenvalue weighted by Gasteiger charge is -2.09. The summed E-state index contributed by atoms with van der Waals surface area (Å²) in [6, 6.07) is 14.7. The van der Waals surface area contributed by atoms with Crippen LogP contribution in [0.2, 0.25) is 0 Å². The third-order valence-corrected chi connectivity index (χ3v) is 2.94. The summed E-state index contributed by atoms with van der Waals surface area (Å²) in [4.78, 5) is 11.9. The van der Waals surface area contributed by atoms with E-state index in [-0.39, 0.29) is 6.03 Å². The monoisotopic (exact) mass is 270 g/mol. The van der Waals surface area contributed by atoms with Crippen LogP contribution in [0.5, 0.6) is 5.75 Å². The van der Waals surface area contributed by atoms with Crippen molar-refractivity contribution in [2.24, 2.45) is 0 Å². The second-order valence-electron chi connectivity index (χ2n) is 4.36. The topological polar surface area (TPSA) is 50.4 Å². The Bertz CT molecular complexity index is 579. The zero-order valence-electron chi connectivity index (χ0n) is 11.6. The molecule has 0 spiro atoms. The van der Waals surface area contributed by atoms with Gasteiger partial charge in [-0.2, -0.15) is 0 Å². The Morgan fingerprint density at radius 2 is 1.75 bits per heavy atom. The highest BCUT2D eigenvalue weighted by Gasteiger charge is 2.03. The predicted molar refractivity (Wildman–Crippen MR) is 81.5 cm³/mol. The summed E-state index contributed by atoms with van der Waals surface area (Å²) in [6.45, 7) is 2.08. The van der Waals surface area contributed by atoms with Crippen molar-refractivity contribution in [1.29, 1.82) is 0 Å². The van der Waals surface area contributed by atoms with E-state index in [0.717, 1.165) is 23.5 Å². The lowest BCUT2D eigenvalue weighted by Crippen LogP contribution is -2.19. The molecule has 2 rings (SSSR count). The van der Waals surface area contributed by atoms with Crippen LogP contribution in [0.4, 0.5) is 16.2 Å². The van der Waals surface area contributed by atoms with Crippen LogP contribution in [0, 0.1) is 0 Å². The normalized spacial score (nSPS) is 9.90. The Morgan fingerprint density at radius 1 is 1.05 bits per heavy atom. The largest absolute Gasteiger partial charge is 0.497 e. The van der Waals surface area contributed by atoms with E-state index in [1.807, 2.05) is 24.3 Å². The number of benzene rings is 2. The smallest absolute Gasteiger partial charge is 0.323 e. The first-order valence-electron chi connectivity index (χ1n) is 6.52. The fourth-order valence-electron chi connectivity index (χ4n) is 1.84. The second-order valence-corrected chi connectivity index (χ2v) is 4.36. The quantitative estimate of drug-likeness (QED) is 0.885. The van der Waals surface area contributed by atoms with Gasteiger partial charge in [-0.25, -0.2) is 4.79 Å². The van der Waals surface area contributed by atoms with Gasteiger partial charge in [-0.1, -0.05) is 19.1 Å². The Labute approximate surface area is 118 Å². The van der Waals surface area contributed by atoms with Gasteiger partial charge in [0.2, 0.25) is 0 Å². The fourth-order valence-corrected chi connectivity index (χ4v) is 1.84. The van der Waals surface area contributed by atoms with Gasteiger partial charge in [-0.3, -0.25) is 0 Å². The minimum Gasteiger partial charge on any atom is -0.497 e. The Morgan fingerprint density at radius 3 is 2.40 bits per heavy atom. The number of rotatable bonds is 4. The molecule has 4 nitrogen and oxygen atoms in total. The van der Waals surface area contributed by atoms with Gasteiger partial charge in [-0.05, 0) is 48.4 Å². The molecule has 0 unspecified atom stereocenters. The van der Waals surface area contributed by atoms with Gasteiger partial charge in [0.05, 0.1) is 7.11 Å². The maximum Gasteiger partial charge on any atom is 0.323 e. The number of aryl methyl sites for hydroxylation is 1. The SMILES string of the molecule is CCc1cccc(NC(=O)Nc2ccc(OC)cc2)c1. The van der Waals surface area contributed by atoms with Crippen LogP contribution < -0.4 is 15.4 Å². The van der Waals surface area contributed by atoms with Crippen molar-refractivity contribution in [1.82, 2.24) is 0 Å². The molecule has 2 amide bonds. The van der Waals surface area contributed by atoms with E-state index >= 15 is 0 Å². The zero-order chi connectivity index (χ0) is 14.4. The summed E-state index contributed by atoms with van der Waals surface area (Å²) in [5.74, 6) is 0.756. The van der Waals surface area contributed by atoms with Gasteiger partial charge in [0.25, 0.3) is 0 Å². The molecule has 0 atom stereocenters. The van der Waals surface area contributed by atoms with Gasteiger partial charge in [0.1, 0.15) is 5.75 Å². The van der Waals surface area contributed by atoms with E-state index in [2.05, 4.69) is 17.6 Å². The van der Waals surface area contributed by atoms with E-state index < -0.39 is 0 Å². The van der Waals surface area contributed by atoms with E-state index in [1.54, 1.807) is 31.4 Å². The first-order chi connectivity index (χ1) is 9.71. The van der Waals surface area contributed by atoms with Crippen molar-refractivity contribution in [3.63, 3.8) is 0 Å². The molecule has 0 aliphatic carbocycles. The second kappa shape index (κ2) is 6.61. The molecular formula is C16H18N2O2. The summed E-state index contributed by atoms with van der Waals surface area (Å²) >= 11 is 0. The molecule has 0 aromatic heterocycles. The molecule has 0 saturated carbocycles. The van der Waals surface area contributed by atoms with Crippen molar-refractivity contribution < 1.29 is 9.53 Å². The lowest BCUT2D eigenvalue weighted by atomic mass is 10.1. The van der Waals surface area contributed by atoms with Gasteiger partial charge >= 0.3 is 6.03 Å². The molecule has 0 bridgehead atoms. The Hall–Kier alpha value is -2.49. The summed E-state index contributed by atoms with van der Waals surface area (Å²) in [5.41, 5.74) is 2.69. The molecule has 0 saturated heterocycles. The standard InChI is InChI=1S/C16H18N2O2/c1-3-12-5-4-6-14(11-12)18-16(19)17-13-7-9-15(20-2)10-8-13/h4-11H,3H2,1-2H3,(H2,17,18,19). The minimum absolute atomic E-state index is 0.261. The average molecular weight is 270 g/mol. The minimum atomic E-state index is -0.261. The first kappa shape index (κ1) is 13.9. The molecule has 2 aromatic rings. The van der Waals surface area contributed by atoms with Crippen LogP contribution in [0.15, 0.2) is 48.5 Å². The number of hydrogen-bond donors (Lipinski definition) is 2. The first-order valence-corrected chi connectivity index (χ1v) is 6.52. The van der Waals surface area contributed by atoms with Crippen LogP contribution in [-0.4, -0.2) is 13.1 Å². The highest BCUT2D eigenvalue weighted by Crippen LogP contribution is 2.16. The Kier molecular flexibility index (Phi) is 4.60. The molecule has 104 valence electrons. The number of carbonyl (C=O) groups is 1. The number of amides is 2. The van der Waals surface area contributed by atoms with Crippen molar-refractivity contribution in [2.75, 3.05) is 17.7 Å². The summed E-state index contributed by atoms with van der Waals surface area (Å²) in [6.07, 6.45) is 0.940. The fraction of sp³-hybridized carbons (Fsp3) is 0.188. The van der Waals surface area contributed by atoms with Crippen molar-refractivity contribution in [3.8, 4) is 5.75 Å². The van der Waals surface area contributed by atoms with Crippen LogP contribution in [0.1, 0.15) is 12.5 Å². The lowest BCUT2D eigenvalue weighted by molar-refractivity contribution is 0.262.